The van der Waals surface area contributed by atoms with Gasteiger partial charge in [-0.25, -0.2) is 0 Å². The second-order valence-electron chi connectivity index (χ2n) is 3.44. The molecule has 0 saturated carbocycles. The van der Waals surface area contributed by atoms with Crippen molar-refractivity contribution in [2.75, 3.05) is 0 Å². The van der Waals surface area contributed by atoms with E-state index in [2.05, 4.69) is 0 Å². The fraction of sp³-hybridized carbons (Fsp3) is 0.875. The van der Waals surface area contributed by atoms with Gasteiger partial charge in [-0.05, 0) is 27.7 Å². The van der Waals surface area contributed by atoms with Crippen LogP contribution < -0.4 is 0 Å². The summed E-state index contributed by atoms with van der Waals surface area (Å²) in [6, 6.07) is -0.622. The van der Waals surface area contributed by atoms with Gasteiger partial charge in [-0.2, -0.15) is 13.2 Å². The van der Waals surface area contributed by atoms with Gasteiger partial charge < -0.3 is 4.90 Å². The highest BCUT2D eigenvalue weighted by Crippen LogP contribution is 2.21. The molecule has 0 aromatic rings. The van der Waals surface area contributed by atoms with Crippen molar-refractivity contribution in [2.45, 2.75) is 46.0 Å². The first kappa shape index (κ1) is 12.3. The van der Waals surface area contributed by atoms with Gasteiger partial charge in [0.2, 0.25) is 5.84 Å². The van der Waals surface area contributed by atoms with Gasteiger partial charge in [-0.1, -0.05) is 0 Å². The lowest BCUT2D eigenvalue weighted by molar-refractivity contribution is -0.0729. The van der Waals surface area contributed by atoms with Crippen molar-refractivity contribution < 1.29 is 13.2 Å². The maximum absolute atomic E-state index is 12.2. The van der Waals surface area contributed by atoms with Crippen LogP contribution in [0.15, 0.2) is 0 Å². The SMILES string of the molecule is CC(C)N(C(=N)C(F)(F)F)C(C)C. The number of rotatable bonds is 2. The Morgan fingerprint density at radius 1 is 1.08 bits per heavy atom. The lowest BCUT2D eigenvalue weighted by Crippen LogP contribution is -2.48. The molecule has 0 atom stereocenters. The predicted molar refractivity (Wildman–Crippen MR) is 45.9 cm³/mol. The van der Waals surface area contributed by atoms with Crippen LogP contribution in [0.5, 0.6) is 0 Å². The zero-order chi connectivity index (χ0) is 10.8. The molecule has 0 unspecified atom stereocenters. The van der Waals surface area contributed by atoms with E-state index in [4.69, 9.17) is 5.41 Å². The van der Waals surface area contributed by atoms with Gasteiger partial charge in [0.05, 0.1) is 0 Å². The second-order valence-corrected chi connectivity index (χ2v) is 3.44. The van der Waals surface area contributed by atoms with E-state index in [1.54, 1.807) is 27.7 Å². The van der Waals surface area contributed by atoms with Crippen LogP contribution in [-0.2, 0) is 0 Å². The lowest BCUT2D eigenvalue weighted by Gasteiger charge is -2.33. The molecule has 0 aliphatic rings. The van der Waals surface area contributed by atoms with E-state index in [9.17, 15) is 13.2 Å². The first-order valence-corrected chi connectivity index (χ1v) is 4.12. The number of hydrogen-bond acceptors (Lipinski definition) is 1. The smallest absolute Gasteiger partial charge is 0.348 e. The Balaban J connectivity index is 4.68. The van der Waals surface area contributed by atoms with Crippen molar-refractivity contribution >= 4 is 5.84 Å². The minimum Gasteiger partial charge on any atom is -0.348 e. The van der Waals surface area contributed by atoms with Gasteiger partial charge in [0.25, 0.3) is 0 Å². The van der Waals surface area contributed by atoms with Gasteiger partial charge in [0.15, 0.2) is 0 Å². The van der Waals surface area contributed by atoms with Crippen LogP contribution in [0.3, 0.4) is 0 Å². The first-order valence-electron chi connectivity index (χ1n) is 4.12. The number of hydrogen-bond donors (Lipinski definition) is 1. The lowest BCUT2D eigenvalue weighted by atomic mass is 10.2. The average molecular weight is 196 g/mol. The fourth-order valence-electron chi connectivity index (χ4n) is 1.26. The highest BCUT2D eigenvalue weighted by atomic mass is 19.4. The average Bonchev–Trinajstić information content (AvgIpc) is 1.82. The van der Waals surface area contributed by atoms with Crippen molar-refractivity contribution in [1.82, 2.24) is 4.90 Å². The Kier molecular flexibility index (Phi) is 3.75. The van der Waals surface area contributed by atoms with Crippen LogP contribution in [0.2, 0.25) is 0 Å². The third-order valence-electron chi connectivity index (χ3n) is 1.64. The standard InChI is InChI=1S/C8H15F3N2/c1-5(2)13(6(3)4)7(12)8(9,10)11/h5-6,12H,1-4H3. The van der Waals surface area contributed by atoms with Crippen molar-refractivity contribution in [1.29, 1.82) is 5.41 Å². The Morgan fingerprint density at radius 2 is 1.38 bits per heavy atom. The Morgan fingerprint density at radius 3 is 1.46 bits per heavy atom. The van der Waals surface area contributed by atoms with E-state index in [-0.39, 0.29) is 12.1 Å². The maximum Gasteiger partial charge on any atom is 0.448 e. The summed E-state index contributed by atoms with van der Waals surface area (Å²) in [7, 11) is 0. The molecule has 2 nitrogen and oxygen atoms in total. The van der Waals surface area contributed by atoms with Crippen molar-refractivity contribution in [3.05, 3.63) is 0 Å². The summed E-state index contributed by atoms with van der Waals surface area (Å²) in [5, 5.41) is 6.96. The Hall–Kier alpha value is -0.740. The van der Waals surface area contributed by atoms with Crippen molar-refractivity contribution in [3.63, 3.8) is 0 Å². The first-order chi connectivity index (χ1) is 5.68. The molecule has 1 N–H and O–H groups in total. The summed E-state index contributed by atoms with van der Waals surface area (Å²) in [6.07, 6.45) is -4.55. The summed E-state index contributed by atoms with van der Waals surface area (Å²) in [5.74, 6) is -1.27. The third kappa shape index (κ3) is 3.24. The van der Waals surface area contributed by atoms with Gasteiger partial charge in [-0.3, -0.25) is 5.41 Å². The molecule has 0 heterocycles. The number of amidine groups is 1. The van der Waals surface area contributed by atoms with Gasteiger partial charge >= 0.3 is 6.18 Å². The number of halogens is 3. The van der Waals surface area contributed by atoms with E-state index >= 15 is 0 Å². The van der Waals surface area contributed by atoms with E-state index in [1.807, 2.05) is 0 Å². The molecule has 0 aromatic heterocycles. The zero-order valence-electron chi connectivity index (χ0n) is 8.24. The molecule has 0 saturated heterocycles. The van der Waals surface area contributed by atoms with Crippen LogP contribution in [0.4, 0.5) is 13.2 Å². The second kappa shape index (κ2) is 3.98. The molecule has 0 rings (SSSR count). The Bertz CT molecular complexity index is 176. The molecule has 13 heavy (non-hydrogen) atoms. The van der Waals surface area contributed by atoms with E-state index < -0.39 is 12.0 Å². The molecule has 0 bridgehead atoms. The summed E-state index contributed by atoms with van der Waals surface area (Å²) in [5.41, 5.74) is 0. The molecule has 0 amide bonds. The minimum absolute atomic E-state index is 0.311. The largest absolute Gasteiger partial charge is 0.448 e. The molecule has 5 heteroatoms. The van der Waals surface area contributed by atoms with Crippen molar-refractivity contribution in [2.24, 2.45) is 0 Å². The third-order valence-corrected chi connectivity index (χ3v) is 1.64. The van der Waals surface area contributed by atoms with Crippen LogP contribution in [-0.4, -0.2) is 29.0 Å². The highest BCUT2D eigenvalue weighted by Gasteiger charge is 2.40. The predicted octanol–water partition coefficient (Wildman–Crippen LogP) is 2.64. The minimum atomic E-state index is -4.55. The van der Waals surface area contributed by atoms with Crippen LogP contribution in [0.25, 0.3) is 0 Å². The molecular formula is C8H15F3N2. The topological polar surface area (TPSA) is 27.1 Å². The number of nitrogens with zero attached hydrogens (tertiary/aromatic N) is 1. The molecule has 0 radical (unpaired) electrons. The zero-order valence-corrected chi connectivity index (χ0v) is 8.24. The number of alkyl halides is 3. The summed E-state index contributed by atoms with van der Waals surface area (Å²) in [4.78, 5) is 1.04. The number of nitrogens with one attached hydrogen (secondary N) is 1. The normalized spacial score (nSPS) is 12.4. The molecule has 0 fully saturated rings. The fourth-order valence-corrected chi connectivity index (χ4v) is 1.26. The quantitative estimate of drug-likeness (QED) is 0.533. The molecular weight excluding hydrogens is 181 g/mol. The highest BCUT2D eigenvalue weighted by molar-refractivity contribution is 5.85. The molecule has 0 aliphatic heterocycles. The van der Waals surface area contributed by atoms with Gasteiger partial charge in [0.1, 0.15) is 0 Å². The monoisotopic (exact) mass is 196 g/mol. The van der Waals surface area contributed by atoms with Crippen LogP contribution in [0, 0.1) is 5.41 Å². The van der Waals surface area contributed by atoms with E-state index in [1.165, 1.54) is 0 Å². The molecule has 0 spiro atoms. The van der Waals surface area contributed by atoms with Crippen LogP contribution in [0.1, 0.15) is 27.7 Å². The molecule has 0 aromatic carbocycles. The van der Waals surface area contributed by atoms with Gasteiger partial charge in [-0.15, -0.1) is 0 Å². The van der Waals surface area contributed by atoms with Gasteiger partial charge in [0, 0.05) is 12.1 Å². The summed E-state index contributed by atoms with van der Waals surface area (Å²) < 4.78 is 36.5. The van der Waals surface area contributed by atoms with Crippen LogP contribution >= 0.6 is 0 Å². The van der Waals surface area contributed by atoms with E-state index in [0.717, 1.165) is 4.90 Å². The Labute approximate surface area is 76.2 Å². The maximum atomic E-state index is 12.2. The summed E-state index contributed by atoms with van der Waals surface area (Å²) in [6.45, 7) is 6.56. The van der Waals surface area contributed by atoms with E-state index in [0.29, 0.717) is 0 Å². The molecule has 0 aliphatic carbocycles. The summed E-state index contributed by atoms with van der Waals surface area (Å²) >= 11 is 0. The molecule has 78 valence electrons. The van der Waals surface area contributed by atoms with Crippen molar-refractivity contribution in [3.8, 4) is 0 Å².